The van der Waals surface area contributed by atoms with E-state index in [0.29, 0.717) is 5.92 Å². The van der Waals surface area contributed by atoms with Gasteiger partial charge in [-0.15, -0.1) is 0 Å². The van der Waals surface area contributed by atoms with E-state index in [-0.39, 0.29) is 11.9 Å². The lowest BCUT2D eigenvalue weighted by Crippen LogP contribution is -2.32. The number of aromatic nitrogens is 1. The van der Waals surface area contributed by atoms with Crippen LogP contribution in [0, 0.1) is 5.92 Å². The standard InChI is InChI=1S/C17H22BrN3OS/c1-11(12-6-4-3-5-7-12)20-16-21-15(22)17(2,23-16)13-8-9-19-14(18)10-13/h8-12H,3-7H2,1-2H3,(H,20,21,22)/t11-,17?/m0/s1. The van der Waals surface area contributed by atoms with E-state index in [2.05, 4.69) is 33.2 Å². The number of thioether (sulfide) groups is 1. The number of pyridine rings is 1. The van der Waals surface area contributed by atoms with Crippen LogP contribution in [0.5, 0.6) is 0 Å². The molecular weight excluding hydrogens is 374 g/mol. The second kappa shape index (κ2) is 6.93. The summed E-state index contributed by atoms with van der Waals surface area (Å²) in [5.41, 5.74) is 0.942. The number of nitrogens with zero attached hydrogens (tertiary/aromatic N) is 2. The van der Waals surface area contributed by atoms with Crippen LogP contribution in [0.15, 0.2) is 27.9 Å². The molecule has 0 spiro atoms. The van der Waals surface area contributed by atoms with Crippen LogP contribution in [0.4, 0.5) is 0 Å². The normalized spacial score (nSPS) is 28.8. The summed E-state index contributed by atoms with van der Waals surface area (Å²) in [5, 5.41) is 3.72. The van der Waals surface area contributed by atoms with Crippen molar-refractivity contribution in [2.75, 3.05) is 0 Å². The van der Waals surface area contributed by atoms with Gasteiger partial charge in [-0.05, 0) is 66.2 Å². The van der Waals surface area contributed by atoms with Crippen LogP contribution in [0.25, 0.3) is 0 Å². The Morgan fingerprint density at radius 2 is 2.17 bits per heavy atom. The summed E-state index contributed by atoms with van der Waals surface area (Å²) in [4.78, 5) is 21.5. The van der Waals surface area contributed by atoms with Crippen molar-refractivity contribution >= 4 is 38.8 Å². The fourth-order valence-electron chi connectivity index (χ4n) is 3.34. The highest BCUT2D eigenvalue weighted by Crippen LogP contribution is 2.42. The van der Waals surface area contributed by atoms with Crippen LogP contribution >= 0.6 is 27.7 Å². The zero-order valence-corrected chi connectivity index (χ0v) is 15.9. The number of amides is 1. The molecular formula is C17H22BrN3OS. The number of halogens is 1. The fraction of sp³-hybridized carbons (Fsp3) is 0.588. The molecule has 0 radical (unpaired) electrons. The van der Waals surface area contributed by atoms with E-state index < -0.39 is 4.75 Å². The van der Waals surface area contributed by atoms with Gasteiger partial charge in [0.05, 0.1) is 6.04 Å². The Labute approximate surface area is 150 Å². The molecule has 1 N–H and O–H groups in total. The first-order chi connectivity index (χ1) is 11.0. The summed E-state index contributed by atoms with van der Waals surface area (Å²) in [5.74, 6) is 0.644. The summed E-state index contributed by atoms with van der Waals surface area (Å²) >= 11 is 4.89. The molecule has 1 aliphatic carbocycles. The highest BCUT2D eigenvalue weighted by Gasteiger charge is 2.44. The third kappa shape index (κ3) is 3.63. The first-order valence-corrected chi connectivity index (χ1v) is 9.80. The van der Waals surface area contributed by atoms with E-state index in [4.69, 9.17) is 4.99 Å². The topological polar surface area (TPSA) is 54.4 Å². The largest absolute Gasteiger partial charge is 0.304 e. The van der Waals surface area contributed by atoms with E-state index in [1.807, 2.05) is 19.1 Å². The average molecular weight is 396 g/mol. The molecule has 1 aromatic rings. The third-order valence-electron chi connectivity index (χ3n) is 4.88. The molecule has 1 aliphatic heterocycles. The quantitative estimate of drug-likeness (QED) is 0.778. The van der Waals surface area contributed by atoms with Gasteiger partial charge in [-0.25, -0.2) is 4.98 Å². The summed E-state index contributed by atoms with van der Waals surface area (Å²) in [6.45, 7) is 4.12. The predicted octanol–water partition coefficient (Wildman–Crippen LogP) is 4.25. The molecule has 4 nitrogen and oxygen atoms in total. The number of rotatable bonds is 3. The van der Waals surface area contributed by atoms with Crippen LogP contribution < -0.4 is 5.32 Å². The minimum atomic E-state index is -0.642. The predicted molar refractivity (Wildman–Crippen MR) is 98.5 cm³/mol. The van der Waals surface area contributed by atoms with Crippen molar-refractivity contribution in [1.29, 1.82) is 0 Å². The minimum Gasteiger partial charge on any atom is -0.304 e. The minimum absolute atomic E-state index is 0.00445. The number of carbonyl (C=O) groups is 1. The first-order valence-electron chi connectivity index (χ1n) is 8.19. The van der Waals surface area contributed by atoms with Gasteiger partial charge < -0.3 is 5.32 Å². The van der Waals surface area contributed by atoms with E-state index in [1.54, 1.807) is 6.20 Å². The highest BCUT2D eigenvalue weighted by atomic mass is 79.9. The number of aliphatic imine (C=N–C) groups is 1. The van der Waals surface area contributed by atoms with Crippen molar-refractivity contribution < 1.29 is 4.79 Å². The average Bonchev–Trinajstić information content (AvgIpc) is 2.83. The summed E-state index contributed by atoms with van der Waals surface area (Å²) < 4.78 is 0.0990. The Kier molecular flexibility index (Phi) is 5.11. The van der Waals surface area contributed by atoms with Crippen LogP contribution in [0.3, 0.4) is 0 Å². The molecule has 0 bridgehead atoms. The Bertz CT molecular complexity index is 630. The Hall–Kier alpha value is -0.880. The Balaban J connectivity index is 1.77. The van der Waals surface area contributed by atoms with Gasteiger partial charge in [0.1, 0.15) is 9.35 Å². The Morgan fingerprint density at radius 1 is 1.43 bits per heavy atom. The van der Waals surface area contributed by atoms with E-state index in [1.165, 1.54) is 43.9 Å². The lowest BCUT2D eigenvalue weighted by atomic mass is 9.85. The number of amidine groups is 1. The molecule has 2 aliphatic rings. The number of hydrogen-bond acceptors (Lipinski definition) is 4. The van der Waals surface area contributed by atoms with Gasteiger partial charge in [-0.1, -0.05) is 31.0 Å². The Morgan fingerprint density at radius 3 is 2.87 bits per heavy atom. The zero-order valence-electron chi connectivity index (χ0n) is 13.5. The maximum absolute atomic E-state index is 12.5. The van der Waals surface area contributed by atoms with Crippen molar-refractivity contribution in [3.8, 4) is 0 Å². The van der Waals surface area contributed by atoms with Gasteiger partial charge in [0.2, 0.25) is 5.91 Å². The lowest BCUT2D eigenvalue weighted by Gasteiger charge is -2.25. The molecule has 1 amide bonds. The van der Waals surface area contributed by atoms with E-state index >= 15 is 0 Å². The molecule has 0 aromatic carbocycles. The van der Waals surface area contributed by atoms with Crippen LogP contribution in [0.1, 0.15) is 51.5 Å². The SMILES string of the molecule is C[C@H](N=C1NC(=O)C(C)(c2ccnc(Br)c2)S1)C1CCCCC1. The smallest absolute Gasteiger partial charge is 0.246 e. The molecule has 1 unspecified atom stereocenters. The molecule has 2 heterocycles. The maximum Gasteiger partial charge on any atom is 0.246 e. The summed E-state index contributed by atoms with van der Waals surface area (Å²) in [7, 11) is 0. The van der Waals surface area contributed by atoms with Gasteiger partial charge in [0.25, 0.3) is 0 Å². The second-order valence-electron chi connectivity index (χ2n) is 6.53. The van der Waals surface area contributed by atoms with E-state index in [9.17, 15) is 4.79 Å². The van der Waals surface area contributed by atoms with E-state index in [0.717, 1.165) is 15.3 Å². The first kappa shape index (κ1) is 17.0. The van der Waals surface area contributed by atoms with Gasteiger partial charge in [0.15, 0.2) is 5.17 Å². The van der Waals surface area contributed by atoms with Gasteiger partial charge in [0, 0.05) is 6.20 Å². The number of hydrogen-bond donors (Lipinski definition) is 1. The van der Waals surface area contributed by atoms with Gasteiger partial charge >= 0.3 is 0 Å². The fourth-order valence-corrected chi connectivity index (χ4v) is 4.84. The molecule has 1 saturated heterocycles. The molecule has 6 heteroatoms. The monoisotopic (exact) mass is 395 g/mol. The molecule has 1 saturated carbocycles. The maximum atomic E-state index is 12.5. The van der Waals surface area contributed by atoms with Gasteiger partial charge in [-0.2, -0.15) is 0 Å². The van der Waals surface area contributed by atoms with Crippen molar-refractivity contribution in [1.82, 2.24) is 10.3 Å². The number of nitrogens with one attached hydrogen (secondary N) is 1. The second-order valence-corrected chi connectivity index (χ2v) is 8.75. The lowest BCUT2D eigenvalue weighted by molar-refractivity contribution is -0.121. The molecule has 3 rings (SSSR count). The highest BCUT2D eigenvalue weighted by molar-refractivity contribution is 9.10. The zero-order chi connectivity index (χ0) is 16.4. The number of carbonyl (C=O) groups excluding carboxylic acids is 1. The molecule has 2 atom stereocenters. The van der Waals surface area contributed by atoms with Crippen molar-refractivity contribution in [3.05, 3.63) is 28.5 Å². The van der Waals surface area contributed by atoms with Crippen molar-refractivity contribution in [3.63, 3.8) is 0 Å². The molecule has 23 heavy (non-hydrogen) atoms. The molecule has 124 valence electrons. The van der Waals surface area contributed by atoms with Crippen molar-refractivity contribution in [2.45, 2.75) is 56.7 Å². The summed E-state index contributed by atoms with van der Waals surface area (Å²) in [6, 6.07) is 4.06. The van der Waals surface area contributed by atoms with Crippen molar-refractivity contribution in [2.24, 2.45) is 10.9 Å². The van der Waals surface area contributed by atoms with Gasteiger partial charge in [-0.3, -0.25) is 9.79 Å². The molecule has 2 fully saturated rings. The van der Waals surface area contributed by atoms with Crippen LogP contribution in [0.2, 0.25) is 0 Å². The molecule has 1 aromatic heterocycles. The van der Waals surface area contributed by atoms with Crippen LogP contribution in [-0.4, -0.2) is 22.1 Å². The summed E-state index contributed by atoms with van der Waals surface area (Å²) in [6.07, 6.45) is 8.19. The van der Waals surface area contributed by atoms with Crippen LogP contribution in [-0.2, 0) is 9.54 Å². The third-order valence-corrected chi connectivity index (χ3v) is 6.55.